The summed E-state index contributed by atoms with van der Waals surface area (Å²) in [6, 6.07) is 0. The minimum atomic E-state index is 0. The van der Waals surface area contributed by atoms with Crippen LogP contribution in [0.2, 0.25) is 0 Å². The van der Waals surface area contributed by atoms with Gasteiger partial charge in [0.2, 0.25) is 5.91 Å². The van der Waals surface area contributed by atoms with Crippen molar-refractivity contribution in [1.82, 2.24) is 10.6 Å². The molecule has 1 heterocycles. The third-order valence-corrected chi connectivity index (χ3v) is 4.57. The zero-order chi connectivity index (χ0) is 12.8. The van der Waals surface area contributed by atoms with E-state index in [1.54, 1.807) is 0 Å². The quantitative estimate of drug-likeness (QED) is 0.835. The van der Waals surface area contributed by atoms with Gasteiger partial charge in [0.15, 0.2) is 0 Å². The number of piperidine rings is 1. The SMILES string of the molecule is CC1CCCC(CNC(=O)CC2CCNCC2)C1.Cl. The molecule has 0 spiro atoms. The Balaban J connectivity index is 0.00000180. The van der Waals surface area contributed by atoms with Crippen LogP contribution >= 0.6 is 12.4 Å². The number of amides is 1. The topological polar surface area (TPSA) is 41.1 Å². The lowest BCUT2D eigenvalue weighted by molar-refractivity contribution is -0.122. The Kier molecular flexibility index (Phi) is 7.77. The van der Waals surface area contributed by atoms with Gasteiger partial charge in [-0.25, -0.2) is 0 Å². The fourth-order valence-electron chi connectivity index (χ4n) is 3.42. The molecular weight excluding hydrogens is 260 g/mol. The summed E-state index contributed by atoms with van der Waals surface area (Å²) in [6.45, 7) is 5.41. The third kappa shape index (κ3) is 6.13. The fraction of sp³-hybridized carbons (Fsp3) is 0.933. The maximum Gasteiger partial charge on any atom is 0.220 e. The second-order valence-electron chi connectivity index (χ2n) is 6.34. The van der Waals surface area contributed by atoms with E-state index in [0.29, 0.717) is 5.92 Å². The monoisotopic (exact) mass is 288 g/mol. The van der Waals surface area contributed by atoms with Crippen molar-refractivity contribution in [3.8, 4) is 0 Å². The third-order valence-electron chi connectivity index (χ3n) is 4.57. The summed E-state index contributed by atoms with van der Waals surface area (Å²) in [5.41, 5.74) is 0. The Labute approximate surface area is 123 Å². The van der Waals surface area contributed by atoms with E-state index in [1.165, 1.54) is 25.7 Å². The molecule has 1 aliphatic heterocycles. The van der Waals surface area contributed by atoms with Gasteiger partial charge >= 0.3 is 0 Å². The maximum atomic E-state index is 11.9. The highest BCUT2D eigenvalue weighted by molar-refractivity contribution is 5.85. The average molecular weight is 289 g/mol. The van der Waals surface area contributed by atoms with E-state index >= 15 is 0 Å². The number of carbonyl (C=O) groups excluding carboxylic acids is 1. The summed E-state index contributed by atoms with van der Waals surface area (Å²) in [5.74, 6) is 2.47. The van der Waals surface area contributed by atoms with Crippen LogP contribution in [0, 0.1) is 17.8 Å². The molecule has 2 N–H and O–H groups in total. The van der Waals surface area contributed by atoms with Crippen LogP contribution in [0.4, 0.5) is 0 Å². The maximum absolute atomic E-state index is 11.9. The number of hydrogen-bond donors (Lipinski definition) is 2. The summed E-state index contributed by atoms with van der Waals surface area (Å²) in [5, 5.41) is 6.51. The molecule has 2 unspecified atom stereocenters. The molecular formula is C15H29ClN2O. The number of rotatable bonds is 4. The molecule has 3 nitrogen and oxygen atoms in total. The smallest absolute Gasteiger partial charge is 0.220 e. The molecule has 1 saturated carbocycles. The van der Waals surface area contributed by atoms with Gasteiger partial charge < -0.3 is 10.6 Å². The fourth-order valence-corrected chi connectivity index (χ4v) is 3.42. The molecule has 2 aliphatic rings. The van der Waals surface area contributed by atoms with Crippen LogP contribution in [0.25, 0.3) is 0 Å². The molecule has 112 valence electrons. The van der Waals surface area contributed by atoms with Crippen molar-refractivity contribution in [3.63, 3.8) is 0 Å². The van der Waals surface area contributed by atoms with E-state index in [-0.39, 0.29) is 18.3 Å². The van der Waals surface area contributed by atoms with Crippen LogP contribution in [-0.2, 0) is 4.79 Å². The van der Waals surface area contributed by atoms with Crippen molar-refractivity contribution in [2.75, 3.05) is 19.6 Å². The van der Waals surface area contributed by atoms with Crippen LogP contribution in [-0.4, -0.2) is 25.5 Å². The van der Waals surface area contributed by atoms with E-state index in [2.05, 4.69) is 17.6 Å². The number of halogens is 1. The first-order valence-corrected chi connectivity index (χ1v) is 7.71. The van der Waals surface area contributed by atoms with Crippen LogP contribution in [0.3, 0.4) is 0 Å². The molecule has 0 aromatic rings. The van der Waals surface area contributed by atoms with Crippen LogP contribution in [0.15, 0.2) is 0 Å². The Morgan fingerprint density at radius 3 is 2.58 bits per heavy atom. The van der Waals surface area contributed by atoms with Gasteiger partial charge in [-0.3, -0.25) is 4.79 Å². The molecule has 0 bridgehead atoms. The molecule has 0 radical (unpaired) electrons. The molecule has 1 saturated heterocycles. The molecule has 1 aliphatic carbocycles. The first kappa shape index (κ1) is 16.8. The summed E-state index contributed by atoms with van der Waals surface area (Å²) in [7, 11) is 0. The highest BCUT2D eigenvalue weighted by Crippen LogP contribution is 2.28. The van der Waals surface area contributed by atoms with Crippen molar-refractivity contribution >= 4 is 18.3 Å². The lowest BCUT2D eigenvalue weighted by Crippen LogP contribution is -2.35. The van der Waals surface area contributed by atoms with E-state index < -0.39 is 0 Å². The minimum absolute atomic E-state index is 0. The Morgan fingerprint density at radius 2 is 1.89 bits per heavy atom. The van der Waals surface area contributed by atoms with Crippen molar-refractivity contribution in [2.24, 2.45) is 17.8 Å². The lowest BCUT2D eigenvalue weighted by Gasteiger charge is -2.27. The van der Waals surface area contributed by atoms with Gasteiger partial charge in [0, 0.05) is 13.0 Å². The first-order valence-electron chi connectivity index (χ1n) is 7.71. The summed E-state index contributed by atoms with van der Waals surface area (Å²) in [4.78, 5) is 11.9. The number of nitrogens with one attached hydrogen (secondary N) is 2. The molecule has 19 heavy (non-hydrogen) atoms. The Bertz CT molecular complexity index is 267. The van der Waals surface area contributed by atoms with Gasteiger partial charge in [-0.15, -0.1) is 12.4 Å². The largest absolute Gasteiger partial charge is 0.356 e. The van der Waals surface area contributed by atoms with Gasteiger partial charge in [-0.1, -0.05) is 19.8 Å². The minimum Gasteiger partial charge on any atom is -0.356 e. The Hall–Kier alpha value is -0.280. The van der Waals surface area contributed by atoms with Crippen molar-refractivity contribution in [2.45, 2.75) is 51.9 Å². The van der Waals surface area contributed by atoms with E-state index in [0.717, 1.165) is 50.7 Å². The van der Waals surface area contributed by atoms with Crippen LogP contribution < -0.4 is 10.6 Å². The molecule has 0 aromatic heterocycles. The highest BCUT2D eigenvalue weighted by atomic mass is 35.5. The molecule has 1 amide bonds. The predicted molar refractivity (Wildman–Crippen MR) is 81.6 cm³/mol. The van der Waals surface area contributed by atoms with Gasteiger partial charge in [-0.2, -0.15) is 0 Å². The summed E-state index contributed by atoms with van der Waals surface area (Å²) < 4.78 is 0. The zero-order valence-electron chi connectivity index (χ0n) is 12.1. The van der Waals surface area contributed by atoms with E-state index in [1.807, 2.05) is 0 Å². The summed E-state index contributed by atoms with van der Waals surface area (Å²) in [6.07, 6.45) is 8.38. The van der Waals surface area contributed by atoms with E-state index in [9.17, 15) is 4.79 Å². The number of hydrogen-bond acceptors (Lipinski definition) is 2. The van der Waals surface area contributed by atoms with Crippen molar-refractivity contribution in [1.29, 1.82) is 0 Å². The molecule has 2 rings (SSSR count). The van der Waals surface area contributed by atoms with Crippen LogP contribution in [0.5, 0.6) is 0 Å². The van der Waals surface area contributed by atoms with Gasteiger partial charge in [0.05, 0.1) is 0 Å². The molecule has 2 fully saturated rings. The lowest BCUT2D eigenvalue weighted by atomic mass is 9.82. The second kappa shape index (κ2) is 8.80. The van der Waals surface area contributed by atoms with Crippen LogP contribution in [0.1, 0.15) is 51.9 Å². The summed E-state index contributed by atoms with van der Waals surface area (Å²) >= 11 is 0. The zero-order valence-corrected chi connectivity index (χ0v) is 12.9. The van der Waals surface area contributed by atoms with E-state index in [4.69, 9.17) is 0 Å². The van der Waals surface area contributed by atoms with Crippen molar-refractivity contribution in [3.05, 3.63) is 0 Å². The first-order chi connectivity index (χ1) is 8.74. The van der Waals surface area contributed by atoms with Gasteiger partial charge in [-0.05, 0) is 56.5 Å². The van der Waals surface area contributed by atoms with Gasteiger partial charge in [0.1, 0.15) is 0 Å². The predicted octanol–water partition coefficient (Wildman–Crippen LogP) is 2.74. The normalized spacial score (nSPS) is 28.5. The van der Waals surface area contributed by atoms with Gasteiger partial charge in [0.25, 0.3) is 0 Å². The molecule has 4 heteroatoms. The standard InChI is InChI=1S/C15H28N2O.ClH/c1-12-3-2-4-14(9-12)11-17-15(18)10-13-5-7-16-8-6-13;/h12-14,16H,2-11H2,1H3,(H,17,18);1H. The van der Waals surface area contributed by atoms with Crippen molar-refractivity contribution < 1.29 is 4.79 Å². The Morgan fingerprint density at radius 1 is 1.16 bits per heavy atom. The highest BCUT2D eigenvalue weighted by Gasteiger charge is 2.20. The molecule has 2 atom stereocenters. The second-order valence-corrected chi connectivity index (χ2v) is 6.34. The number of carbonyl (C=O) groups is 1. The molecule has 0 aromatic carbocycles. The average Bonchev–Trinajstić information content (AvgIpc) is 2.38.